The van der Waals surface area contributed by atoms with Crippen molar-refractivity contribution in [2.45, 2.75) is 24.9 Å². The topological polar surface area (TPSA) is 336 Å². The number of hydrogen-bond acceptors (Lipinski definition) is 21. The van der Waals surface area contributed by atoms with Gasteiger partial charge in [-0.15, -0.1) is 18.8 Å². The van der Waals surface area contributed by atoms with Crippen molar-refractivity contribution < 1.29 is 92.0 Å². The summed E-state index contributed by atoms with van der Waals surface area (Å²) in [6.45, 7) is 3.40. The Kier molecular flexibility index (Phi) is 31.1. The van der Waals surface area contributed by atoms with E-state index in [4.69, 9.17) is 23.3 Å². The Hall–Kier alpha value is -3.38. The normalized spacial score (nSPS) is 20.1. The number of carboxylic acid groups (broad SMARTS) is 4. The summed E-state index contributed by atoms with van der Waals surface area (Å²) < 4.78 is 50.3. The number of ether oxygens (including phenoxy) is 3. The van der Waals surface area contributed by atoms with Gasteiger partial charge in [0.1, 0.15) is 6.10 Å². The molecule has 4 unspecified atom stereocenters. The monoisotopic (exact) mass is 1060 g/mol. The van der Waals surface area contributed by atoms with Crippen LogP contribution in [0.25, 0.3) is 0 Å². The molecule has 1 aromatic rings. The Morgan fingerprint density at radius 1 is 0.465 bits per heavy atom. The third-order valence-electron chi connectivity index (χ3n) is 11.5. The van der Waals surface area contributed by atoms with Crippen molar-refractivity contribution in [2.75, 3.05) is 184 Å². The lowest BCUT2D eigenvalue weighted by Crippen LogP contribution is -2.49. The fourth-order valence-electron chi connectivity index (χ4n) is 7.75. The summed E-state index contributed by atoms with van der Waals surface area (Å²) in [5.41, 5.74) is 0.886. The average molecular weight is 1060 g/mol. The van der Waals surface area contributed by atoms with E-state index in [-0.39, 0.29) is 164 Å². The predicted molar refractivity (Wildman–Crippen MR) is 253 cm³/mol. The fourth-order valence-corrected chi connectivity index (χ4v) is 8.27. The molecule has 404 valence electrons. The van der Waals surface area contributed by atoms with Gasteiger partial charge in [0.25, 0.3) is 0 Å². The maximum atomic E-state index is 11.7. The molecular formula is C42H74N8O19P2+2. The van der Waals surface area contributed by atoms with Gasteiger partial charge in [-0.05, 0) is 5.56 Å². The van der Waals surface area contributed by atoms with Crippen LogP contribution in [0.2, 0.25) is 0 Å². The number of aliphatic hydroxyl groups is 2. The zero-order valence-corrected chi connectivity index (χ0v) is 42.0. The largest absolute Gasteiger partial charge is 0.696 e. The number of hydrogen-bond donors (Lipinski definition) is 8. The van der Waals surface area contributed by atoms with E-state index >= 15 is 0 Å². The molecule has 4 atom stereocenters. The number of aliphatic carboxylic acids is 4. The van der Waals surface area contributed by atoms with Crippen molar-refractivity contribution in [1.29, 1.82) is 0 Å². The molecule has 2 heterocycles. The molecule has 2 aliphatic heterocycles. The minimum Gasteiger partial charge on any atom is -0.480 e. The first-order valence-corrected chi connectivity index (χ1v) is 25.6. The molecule has 1 aromatic carbocycles. The highest BCUT2D eigenvalue weighted by Crippen LogP contribution is 2.16. The van der Waals surface area contributed by atoms with Crippen molar-refractivity contribution in [3.05, 3.63) is 35.9 Å². The quantitative estimate of drug-likeness (QED) is 0.0380. The first-order valence-electron chi connectivity index (χ1n) is 23.3. The minimum absolute atomic E-state index is 0.00358. The van der Waals surface area contributed by atoms with Crippen LogP contribution in [0.1, 0.15) is 5.56 Å². The second-order valence-electron chi connectivity index (χ2n) is 17.3. The van der Waals surface area contributed by atoms with Gasteiger partial charge in [0, 0.05) is 127 Å². The molecule has 2 saturated heterocycles. The van der Waals surface area contributed by atoms with Crippen molar-refractivity contribution in [1.82, 2.24) is 39.2 Å². The van der Waals surface area contributed by atoms with Gasteiger partial charge in [0.2, 0.25) is 0 Å². The van der Waals surface area contributed by atoms with Crippen LogP contribution in [0.4, 0.5) is 0 Å². The Morgan fingerprint density at radius 2 is 0.761 bits per heavy atom. The van der Waals surface area contributed by atoms with Gasteiger partial charge in [0.15, 0.2) is 13.5 Å². The van der Waals surface area contributed by atoms with E-state index < -0.39 is 58.7 Å². The molecule has 0 radical (unpaired) electrons. The number of carboxylic acids is 4. The average Bonchev–Trinajstić information content (AvgIpc) is 3.29. The lowest BCUT2D eigenvalue weighted by molar-refractivity contribution is -0.139. The molecule has 0 aromatic heterocycles. The molecule has 0 aliphatic carbocycles. The maximum Gasteiger partial charge on any atom is 0.696 e. The summed E-state index contributed by atoms with van der Waals surface area (Å²) in [6.07, 6.45) is -2.68. The first-order chi connectivity index (χ1) is 33.9. The highest BCUT2D eigenvalue weighted by molar-refractivity contribution is 7.32. The molecule has 2 aliphatic rings. The van der Waals surface area contributed by atoms with Crippen molar-refractivity contribution >= 4 is 40.4 Å². The zero-order valence-electron chi connectivity index (χ0n) is 40.2. The Labute approximate surface area is 415 Å². The third kappa shape index (κ3) is 30.4. The van der Waals surface area contributed by atoms with E-state index in [0.29, 0.717) is 26.2 Å². The maximum absolute atomic E-state index is 11.7. The fraction of sp³-hybridized carbons (Fsp3) is 0.762. The van der Waals surface area contributed by atoms with Crippen LogP contribution in [-0.2, 0) is 58.2 Å². The standard InChI is InChI=1S/C42H72N8O19P2/c51-36(22-43-6-10-45(24-39(53)54)14-18-49(33-68-70(61)62)19-15-46(11-7-43)25-40(55)56)29-65-31-38(67-28-35-4-2-1-3-5-35)32-66-30-37(52)23-44-8-12-47(26-41(57)58)16-20-50(34-69-71(63)64)21-17-48(13-9-44)27-42(59)60/h1-5,36-38,51-52H,6-34H2,(H4-2,53,54,55,56,57,58,59,60,61,62,63,64)/p+2. The van der Waals surface area contributed by atoms with Gasteiger partial charge in [-0.1, -0.05) is 30.3 Å². The van der Waals surface area contributed by atoms with E-state index in [1.807, 2.05) is 40.1 Å². The molecule has 3 rings (SSSR count). The SMILES string of the molecule is O=C(O)CN1CCN(CO[P+](=O)O)CCN(CC(=O)O)CCN(CC(O)COCC(COCC(O)CN2CCN(CC(=O)O)CCN(CO[P+](=O)O)CCN(CC(=O)O)CC2)OCc2ccccc2)CC1. The summed E-state index contributed by atoms with van der Waals surface area (Å²) in [7, 11) is -5.75. The van der Waals surface area contributed by atoms with Gasteiger partial charge in [-0.25, -0.2) is 0 Å². The molecule has 0 bridgehead atoms. The van der Waals surface area contributed by atoms with Gasteiger partial charge in [-0.3, -0.25) is 58.4 Å². The number of nitrogens with zero attached hydrogens (tertiary/aromatic N) is 8. The highest BCUT2D eigenvalue weighted by atomic mass is 31.1. The van der Waals surface area contributed by atoms with Crippen molar-refractivity contribution in [3.63, 3.8) is 0 Å². The number of benzene rings is 1. The van der Waals surface area contributed by atoms with Crippen LogP contribution >= 0.6 is 16.5 Å². The summed E-state index contributed by atoms with van der Waals surface area (Å²) >= 11 is 0. The number of rotatable bonds is 29. The number of carbonyl (C=O) groups is 4. The third-order valence-corrected chi connectivity index (χ3v) is 12.2. The second-order valence-corrected chi connectivity index (χ2v) is 18.8. The smallest absolute Gasteiger partial charge is 0.480 e. The molecule has 2 fully saturated rings. The van der Waals surface area contributed by atoms with Crippen LogP contribution in [0.15, 0.2) is 30.3 Å². The molecular weight excluding hydrogens is 982 g/mol. The second kappa shape index (κ2) is 35.7. The van der Waals surface area contributed by atoms with Gasteiger partial charge < -0.3 is 44.8 Å². The van der Waals surface area contributed by atoms with Gasteiger partial charge in [0.05, 0.1) is 71.4 Å². The van der Waals surface area contributed by atoms with Crippen molar-refractivity contribution in [2.24, 2.45) is 0 Å². The molecule has 71 heavy (non-hydrogen) atoms. The van der Waals surface area contributed by atoms with Crippen LogP contribution in [0.5, 0.6) is 0 Å². The lowest BCUT2D eigenvalue weighted by Gasteiger charge is -2.33. The summed E-state index contributed by atoms with van der Waals surface area (Å²) in [6, 6.07) is 9.39. The summed E-state index contributed by atoms with van der Waals surface area (Å²) in [5.74, 6) is -4.17. The molecule has 0 spiro atoms. The van der Waals surface area contributed by atoms with Gasteiger partial charge in [-0.2, -0.15) is 0 Å². The Morgan fingerprint density at radius 3 is 1.06 bits per heavy atom. The number of β-amino-alcohol motifs (C(OH)–C–C–N with tert-alkyl or cyclic N) is 2. The molecule has 29 heteroatoms. The van der Waals surface area contributed by atoms with Crippen LogP contribution in [0, 0.1) is 0 Å². The predicted octanol–water partition coefficient (Wildman–Crippen LogP) is -2.64. The van der Waals surface area contributed by atoms with E-state index in [0.717, 1.165) is 5.56 Å². The van der Waals surface area contributed by atoms with Crippen LogP contribution in [0.3, 0.4) is 0 Å². The molecule has 27 nitrogen and oxygen atoms in total. The van der Waals surface area contributed by atoms with Crippen LogP contribution < -0.4 is 0 Å². The first kappa shape index (κ1) is 61.9. The van der Waals surface area contributed by atoms with E-state index in [1.54, 1.807) is 29.4 Å². The highest BCUT2D eigenvalue weighted by Gasteiger charge is 2.25. The number of aliphatic hydroxyl groups excluding tert-OH is 2. The van der Waals surface area contributed by atoms with Crippen LogP contribution in [-0.4, -0.2) is 306 Å². The Bertz CT molecular complexity index is 1570. The van der Waals surface area contributed by atoms with E-state index in [1.165, 1.54) is 0 Å². The summed E-state index contributed by atoms with van der Waals surface area (Å²) in [5, 5.41) is 60.8. The van der Waals surface area contributed by atoms with Gasteiger partial charge >= 0.3 is 40.4 Å². The van der Waals surface area contributed by atoms with Crippen molar-refractivity contribution in [3.8, 4) is 0 Å². The lowest BCUT2D eigenvalue weighted by atomic mass is 10.2. The minimum atomic E-state index is -2.88. The van der Waals surface area contributed by atoms with E-state index in [2.05, 4.69) is 0 Å². The molecule has 8 N–H and O–H groups in total. The molecule has 0 saturated carbocycles. The zero-order chi connectivity index (χ0) is 52.0. The Balaban J connectivity index is 1.63. The summed E-state index contributed by atoms with van der Waals surface area (Å²) in [4.78, 5) is 79.3. The van der Waals surface area contributed by atoms with E-state index in [9.17, 15) is 68.7 Å². The molecule has 0 amide bonds.